The maximum absolute atomic E-state index is 13.5. The Kier molecular flexibility index (Phi) is 6.65. The zero-order chi connectivity index (χ0) is 23.3. The Balaban J connectivity index is 1.39. The second kappa shape index (κ2) is 10.2. The predicted octanol–water partition coefficient (Wildman–Crippen LogP) is 3.13. The minimum Gasteiger partial charge on any atom is -0.337 e. The van der Waals surface area contributed by atoms with E-state index in [-0.39, 0.29) is 11.8 Å². The first kappa shape index (κ1) is 22.3. The van der Waals surface area contributed by atoms with Crippen LogP contribution >= 0.6 is 0 Å². The Morgan fingerprint density at radius 1 is 0.912 bits per heavy atom. The van der Waals surface area contributed by atoms with Crippen molar-refractivity contribution >= 4 is 11.8 Å². The number of hydrogen-bond donors (Lipinski definition) is 0. The molecule has 2 aliphatic rings. The number of carbonyl (C=O) groups is 2. The molecule has 1 saturated heterocycles. The van der Waals surface area contributed by atoms with Gasteiger partial charge in [0.15, 0.2) is 5.69 Å². The van der Waals surface area contributed by atoms with E-state index in [9.17, 15) is 9.59 Å². The number of aryl methyl sites for hydroxylation is 2. The van der Waals surface area contributed by atoms with Gasteiger partial charge in [0.05, 0.1) is 6.54 Å². The quantitative estimate of drug-likeness (QED) is 0.567. The van der Waals surface area contributed by atoms with Gasteiger partial charge in [-0.15, -0.1) is 0 Å². The SMILES string of the molecule is O=C(c1ccccn1)N1CCc2c(c(C(=O)N3CCCCC3)nn2CCCc2cccnc2)C1. The maximum Gasteiger partial charge on any atom is 0.274 e. The Labute approximate surface area is 199 Å². The van der Waals surface area contributed by atoms with Gasteiger partial charge >= 0.3 is 0 Å². The van der Waals surface area contributed by atoms with Crippen molar-refractivity contribution < 1.29 is 9.59 Å². The number of carbonyl (C=O) groups excluding carboxylic acids is 2. The molecule has 0 atom stereocenters. The second-order valence-corrected chi connectivity index (χ2v) is 9.01. The highest BCUT2D eigenvalue weighted by atomic mass is 16.2. The van der Waals surface area contributed by atoms with Crippen molar-refractivity contribution in [1.82, 2.24) is 29.5 Å². The number of fused-ring (bicyclic) bond motifs is 1. The molecular weight excluding hydrogens is 428 g/mol. The van der Waals surface area contributed by atoms with E-state index < -0.39 is 0 Å². The van der Waals surface area contributed by atoms with Crippen molar-refractivity contribution in [3.05, 3.63) is 77.1 Å². The summed E-state index contributed by atoms with van der Waals surface area (Å²) in [6.07, 6.45) is 11.0. The van der Waals surface area contributed by atoms with Crippen LogP contribution in [0.25, 0.3) is 0 Å². The molecule has 5 heterocycles. The summed E-state index contributed by atoms with van der Waals surface area (Å²) in [6, 6.07) is 9.39. The Bertz CT molecular complexity index is 1140. The van der Waals surface area contributed by atoms with Gasteiger partial charge in [-0.25, -0.2) is 0 Å². The number of aromatic nitrogens is 4. The van der Waals surface area contributed by atoms with Crippen LogP contribution in [0.1, 0.15) is 63.5 Å². The van der Waals surface area contributed by atoms with Crippen LogP contribution in [0, 0.1) is 0 Å². The van der Waals surface area contributed by atoms with Crippen molar-refractivity contribution in [3.8, 4) is 0 Å². The van der Waals surface area contributed by atoms with E-state index in [1.165, 1.54) is 5.56 Å². The van der Waals surface area contributed by atoms with Gasteiger partial charge in [-0.05, 0) is 55.9 Å². The third kappa shape index (κ3) is 4.71. The molecule has 0 bridgehead atoms. The van der Waals surface area contributed by atoms with Gasteiger partial charge in [0.2, 0.25) is 0 Å². The van der Waals surface area contributed by atoms with Crippen molar-refractivity contribution in [2.75, 3.05) is 19.6 Å². The van der Waals surface area contributed by atoms with Gasteiger partial charge in [-0.3, -0.25) is 24.2 Å². The number of likely N-dealkylation sites (tertiary alicyclic amines) is 1. The molecule has 2 amide bonds. The molecule has 3 aromatic rings. The summed E-state index contributed by atoms with van der Waals surface area (Å²) in [5, 5.41) is 4.82. The molecule has 34 heavy (non-hydrogen) atoms. The van der Waals surface area contributed by atoms with Gasteiger partial charge in [-0.2, -0.15) is 5.10 Å². The van der Waals surface area contributed by atoms with E-state index in [4.69, 9.17) is 5.10 Å². The van der Waals surface area contributed by atoms with E-state index in [0.29, 0.717) is 30.9 Å². The highest BCUT2D eigenvalue weighted by Crippen LogP contribution is 2.26. The van der Waals surface area contributed by atoms with Gasteiger partial charge in [-0.1, -0.05) is 12.1 Å². The number of nitrogens with zero attached hydrogens (tertiary/aromatic N) is 6. The van der Waals surface area contributed by atoms with Crippen LogP contribution in [-0.4, -0.2) is 61.0 Å². The molecule has 0 aliphatic carbocycles. The summed E-state index contributed by atoms with van der Waals surface area (Å²) in [5.41, 5.74) is 4.11. The highest BCUT2D eigenvalue weighted by molar-refractivity contribution is 5.95. The molecule has 176 valence electrons. The van der Waals surface area contributed by atoms with E-state index in [1.54, 1.807) is 29.4 Å². The molecule has 3 aromatic heterocycles. The third-order valence-electron chi connectivity index (χ3n) is 6.71. The molecule has 0 unspecified atom stereocenters. The molecule has 0 saturated carbocycles. The van der Waals surface area contributed by atoms with Gasteiger partial charge in [0.25, 0.3) is 11.8 Å². The first-order chi connectivity index (χ1) is 16.7. The summed E-state index contributed by atoms with van der Waals surface area (Å²) in [4.78, 5) is 38.6. The normalized spacial score (nSPS) is 15.8. The lowest BCUT2D eigenvalue weighted by molar-refractivity contribution is 0.0694. The second-order valence-electron chi connectivity index (χ2n) is 9.01. The van der Waals surface area contributed by atoms with Crippen LogP contribution in [0.5, 0.6) is 0 Å². The summed E-state index contributed by atoms with van der Waals surface area (Å²) >= 11 is 0. The lowest BCUT2D eigenvalue weighted by Crippen LogP contribution is -2.39. The van der Waals surface area contributed by atoms with E-state index >= 15 is 0 Å². The summed E-state index contributed by atoms with van der Waals surface area (Å²) in [7, 11) is 0. The van der Waals surface area contributed by atoms with Crippen LogP contribution < -0.4 is 0 Å². The fourth-order valence-electron chi connectivity index (χ4n) is 4.90. The molecule has 0 spiro atoms. The Hall–Kier alpha value is -3.55. The standard InChI is InChI=1S/C26H30N6O2/c33-25(22-10-2-3-13-28-22)31-17-11-23-21(19-31)24(26(34)30-14-4-1-5-15-30)29-32(23)16-7-9-20-8-6-12-27-18-20/h2-3,6,8,10,12-13,18H,1,4-5,7,9,11,14-17,19H2. The topological polar surface area (TPSA) is 84.2 Å². The number of hydrogen-bond acceptors (Lipinski definition) is 5. The van der Waals surface area contributed by atoms with Gasteiger partial charge < -0.3 is 9.80 Å². The van der Waals surface area contributed by atoms with Crippen molar-refractivity contribution in [2.24, 2.45) is 0 Å². The van der Waals surface area contributed by atoms with Crippen molar-refractivity contribution in [2.45, 2.75) is 51.6 Å². The van der Waals surface area contributed by atoms with Gasteiger partial charge in [0, 0.05) is 62.4 Å². The molecule has 0 radical (unpaired) electrons. The van der Waals surface area contributed by atoms with Crippen molar-refractivity contribution in [3.63, 3.8) is 0 Å². The first-order valence-electron chi connectivity index (χ1n) is 12.2. The lowest BCUT2D eigenvalue weighted by Gasteiger charge is -2.29. The van der Waals surface area contributed by atoms with Crippen LogP contribution in [0.2, 0.25) is 0 Å². The van der Waals surface area contributed by atoms with Crippen LogP contribution in [0.3, 0.4) is 0 Å². The van der Waals surface area contributed by atoms with Crippen LogP contribution in [-0.2, 0) is 25.9 Å². The Morgan fingerprint density at radius 3 is 2.56 bits per heavy atom. The number of rotatable bonds is 6. The van der Waals surface area contributed by atoms with Crippen molar-refractivity contribution in [1.29, 1.82) is 0 Å². The fraction of sp³-hybridized carbons (Fsp3) is 0.423. The lowest BCUT2D eigenvalue weighted by atomic mass is 10.0. The maximum atomic E-state index is 13.5. The zero-order valence-electron chi connectivity index (χ0n) is 19.4. The molecule has 0 aromatic carbocycles. The molecule has 0 N–H and O–H groups in total. The minimum atomic E-state index is -0.105. The molecule has 8 heteroatoms. The van der Waals surface area contributed by atoms with E-state index in [1.807, 2.05) is 27.9 Å². The molecule has 5 rings (SSSR count). The summed E-state index contributed by atoms with van der Waals surface area (Å²) in [5.74, 6) is -0.110. The minimum absolute atomic E-state index is 0.00547. The molecule has 2 aliphatic heterocycles. The number of pyridine rings is 2. The monoisotopic (exact) mass is 458 g/mol. The van der Waals surface area contributed by atoms with E-state index in [0.717, 1.165) is 63.0 Å². The zero-order valence-corrected chi connectivity index (χ0v) is 19.4. The largest absolute Gasteiger partial charge is 0.337 e. The third-order valence-corrected chi connectivity index (χ3v) is 6.71. The summed E-state index contributed by atoms with van der Waals surface area (Å²) < 4.78 is 2.01. The number of piperidine rings is 1. The van der Waals surface area contributed by atoms with E-state index in [2.05, 4.69) is 16.0 Å². The molecular formula is C26H30N6O2. The number of amides is 2. The fourth-order valence-corrected chi connectivity index (χ4v) is 4.90. The van der Waals surface area contributed by atoms with Crippen LogP contribution in [0.15, 0.2) is 48.9 Å². The van der Waals surface area contributed by atoms with Gasteiger partial charge in [0.1, 0.15) is 5.69 Å². The highest BCUT2D eigenvalue weighted by Gasteiger charge is 2.32. The Morgan fingerprint density at radius 2 is 1.79 bits per heavy atom. The predicted molar refractivity (Wildman–Crippen MR) is 127 cm³/mol. The smallest absolute Gasteiger partial charge is 0.274 e. The average Bonchev–Trinajstić information content (AvgIpc) is 3.27. The summed E-state index contributed by atoms with van der Waals surface area (Å²) in [6.45, 7) is 3.27. The average molecular weight is 459 g/mol. The molecule has 8 nitrogen and oxygen atoms in total. The molecule has 1 fully saturated rings. The first-order valence-corrected chi connectivity index (χ1v) is 12.2. The van der Waals surface area contributed by atoms with Crippen LogP contribution in [0.4, 0.5) is 0 Å².